The van der Waals surface area contributed by atoms with Crippen LogP contribution in [-0.4, -0.2) is 69.4 Å². The van der Waals surface area contributed by atoms with Gasteiger partial charge in [-0.25, -0.2) is 8.42 Å². The molecule has 1 atom stereocenters. The zero-order valence-corrected chi connectivity index (χ0v) is 18.8. The molecule has 0 bridgehead atoms. The number of rotatable bonds is 6. The Morgan fingerprint density at radius 3 is 2.26 bits per heavy atom. The van der Waals surface area contributed by atoms with Crippen molar-refractivity contribution in [3.8, 4) is 5.75 Å². The van der Waals surface area contributed by atoms with Crippen molar-refractivity contribution in [2.75, 3.05) is 33.3 Å². The summed E-state index contributed by atoms with van der Waals surface area (Å²) in [5.74, 6) is 0.120. The maximum atomic E-state index is 12.7. The molecule has 2 amide bonds. The van der Waals surface area contributed by atoms with E-state index in [4.69, 9.17) is 16.3 Å². The average Bonchev–Trinajstić information content (AvgIpc) is 2.78. The third-order valence-corrected chi connectivity index (χ3v) is 6.83. The van der Waals surface area contributed by atoms with Crippen LogP contribution < -0.4 is 9.46 Å². The van der Waals surface area contributed by atoms with Gasteiger partial charge in [-0.15, -0.1) is 0 Å². The Bertz CT molecular complexity index is 1050. The van der Waals surface area contributed by atoms with Crippen LogP contribution in [0.4, 0.5) is 0 Å². The number of hydrogen-bond acceptors (Lipinski definition) is 5. The molecule has 31 heavy (non-hydrogen) atoms. The summed E-state index contributed by atoms with van der Waals surface area (Å²) >= 11 is 5.80. The van der Waals surface area contributed by atoms with Gasteiger partial charge in [-0.2, -0.15) is 4.72 Å². The van der Waals surface area contributed by atoms with E-state index < -0.39 is 16.1 Å². The number of nitrogens with one attached hydrogen (secondary N) is 1. The number of halogens is 1. The molecule has 3 rings (SSSR count). The lowest BCUT2D eigenvalue weighted by molar-refractivity contribution is -0.134. The summed E-state index contributed by atoms with van der Waals surface area (Å²) in [7, 11) is -2.32. The molecule has 2 aromatic rings. The average molecular weight is 466 g/mol. The highest BCUT2D eigenvalue weighted by molar-refractivity contribution is 7.89. The van der Waals surface area contributed by atoms with Crippen molar-refractivity contribution in [3.63, 3.8) is 0 Å². The van der Waals surface area contributed by atoms with Gasteiger partial charge in [0.05, 0.1) is 18.0 Å². The predicted octanol–water partition coefficient (Wildman–Crippen LogP) is 2.00. The van der Waals surface area contributed by atoms with E-state index >= 15 is 0 Å². The zero-order chi connectivity index (χ0) is 22.6. The number of methoxy groups -OCH3 is 1. The molecule has 0 saturated carbocycles. The van der Waals surface area contributed by atoms with Crippen LogP contribution in [0.25, 0.3) is 0 Å². The number of amides is 2. The Balaban J connectivity index is 1.58. The molecule has 0 radical (unpaired) electrons. The van der Waals surface area contributed by atoms with Gasteiger partial charge in [0.15, 0.2) is 0 Å². The maximum absolute atomic E-state index is 12.7. The summed E-state index contributed by atoms with van der Waals surface area (Å²) in [6.07, 6.45) is 0. The summed E-state index contributed by atoms with van der Waals surface area (Å²) in [6, 6.07) is 11.7. The number of carbonyl (C=O) groups excluding carboxylic acids is 2. The van der Waals surface area contributed by atoms with E-state index in [0.29, 0.717) is 42.5 Å². The summed E-state index contributed by atoms with van der Waals surface area (Å²) in [6.45, 7) is 2.86. The largest absolute Gasteiger partial charge is 0.497 e. The lowest BCUT2D eigenvalue weighted by Crippen LogP contribution is -2.55. The van der Waals surface area contributed by atoms with Crippen molar-refractivity contribution >= 4 is 33.4 Å². The summed E-state index contributed by atoms with van der Waals surface area (Å²) in [4.78, 5) is 28.7. The molecule has 1 N–H and O–H groups in total. The summed E-state index contributed by atoms with van der Waals surface area (Å²) in [5, 5.41) is 0.421. The Labute approximate surface area is 186 Å². The van der Waals surface area contributed by atoms with Crippen molar-refractivity contribution in [1.29, 1.82) is 0 Å². The Morgan fingerprint density at radius 2 is 1.65 bits per heavy atom. The van der Waals surface area contributed by atoms with E-state index in [-0.39, 0.29) is 16.7 Å². The lowest BCUT2D eigenvalue weighted by Gasteiger charge is -2.36. The number of carbonyl (C=O) groups is 2. The zero-order valence-electron chi connectivity index (χ0n) is 17.2. The van der Waals surface area contributed by atoms with Gasteiger partial charge in [0.25, 0.3) is 5.91 Å². The first-order chi connectivity index (χ1) is 14.7. The topological polar surface area (TPSA) is 96.0 Å². The second-order valence-corrected chi connectivity index (χ2v) is 9.30. The van der Waals surface area contributed by atoms with Gasteiger partial charge in [0.1, 0.15) is 5.75 Å². The highest BCUT2D eigenvalue weighted by Crippen LogP contribution is 2.17. The van der Waals surface area contributed by atoms with Crippen LogP contribution in [0.2, 0.25) is 5.02 Å². The Morgan fingerprint density at radius 1 is 1.03 bits per heavy atom. The minimum Gasteiger partial charge on any atom is -0.497 e. The number of piperazine rings is 1. The molecule has 0 aromatic heterocycles. The van der Waals surface area contributed by atoms with E-state index in [9.17, 15) is 18.0 Å². The first-order valence-electron chi connectivity index (χ1n) is 9.71. The standard InChI is InChI=1S/C21H24ClN3O5S/c1-15(23-31(28,29)19-8-6-17(22)7-9-19)20(26)24-10-12-25(13-11-24)21(27)16-4-3-5-18(14-16)30-2/h3-9,14-15,23H,10-13H2,1-2H3/t15-/m0/s1. The Hall–Kier alpha value is -2.62. The molecule has 2 aromatic carbocycles. The van der Waals surface area contributed by atoms with Gasteiger partial charge in [-0.3, -0.25) is 9.59 Å². The van der Waals surface area contributed by atoms with Gasteiger partial charge in [0.2, 0.25) is 15.9 Å². The molecule has 1 fully saturated rings. The van der Waals surface area contributed by atoms with Crippen molar-refractivity contribution in [3.05, 3.63) is 59.1 Å². The molecular formula is C21H24ClN3O5S. The first-order valence-corrected chi connectivity index (χ1v) is 11.6. The van der Waals surface area contributed by atoms with Crippen LogP contribution in [0.3, 0.4) is 0 Å². The number of sulfonamides is 1. The molecular weight excluding hydrogens is 442 g/mol. The van der Waals surface area contributed by atoms with Gasteiger partial charge >= 0.3 is 0 Å². The molecule has 1 aliphatic rings. The third-order valence-electron chi connectivity index (χ3n) is 5.02. The molecule has 10 heteroatoms. The second-order valence-electron chi connectivity index (χ2n) is 7.15. The fourth-order valence-corrected chi connectivity index (χ4v) is 4.63. The number of benzene rings is 2. The third kappa shape index (κ3) is 5.55. The fraction of sp³-hybridized carbons (Fsp3) is 0.333. The Kier molecular flexibility index (Phi) is 7.19. The van der Waals surface area contributed by atoms with E-state index in [1.54, 1.807) is 34.1 Å². The maximum Gasteiger partial charge on any atom is 0.254 e. The van der Waals surface area contributed by atoms with E-state index in [0.717, 1.165) is 0 Å². The number of hydrogen-bond donors (Lipinski definition) is 1. The van der Waals surface area contributed by atoms with Crippen LogP contribution in [0.15, 0.2) is 53.4 Å². The van der Waals surface area contributed by atoms with Crippen molar-refractivity contribution < 1.29 is 22.7 Å². The van der Waals surface area contributed by atoms with Crippen LogP contribution >= 0.6 is 11.6 Å². The smallest absolute Gasteiger partial charge is 0.254 e. The predicted molar refractivity (Wildman–Crippen MR) is 117 cm³/mol. The van der Waals surface area contributed by atoms with Crippen LogP contribution in [0, 0.1) is 0 Å². The van der Waals surface area contributed by atoms with Crippen molar-refractivity contribution in [1.82, 2.24) is 14.5 Å². The van der Waals surface area contributed by atoms with Gasteiger partial charge < -0.3 is 14.5 Å². The van der Waals surface area contributed by atoms with Crippen LogP contribution in [-0.2, 0) is 14.8 Å². The quantitative estimate of drug-likeness (QED) is 0.704. The first kappa shape index (κ1) is 23.1. The summed E-state index contributed by atoms with van der Waals surface area (Å²) < 4.78 is 32.6. The molecule has 0 spiro atoms. The minimum atomic E-state index is -3.86. The highest BCUT2D eigenvalue weighted by atomic mass is 35.5. The summed E-state index contributed by atoms with van der Waals surface area (Å²) in [5.41, 5.74) is 0.517. The molecule has 166 valence electrons. The number of ether oxygens (including phenoxy) is 1. The van der Waals surface area contributed by atoms with Crippen LogP contribution in [0.1, 0.15) is 17.3 Å². The van der Waals surface area contributed by atoms with Gasteiger partial charge in [0, 0.05) is 36.8 Å². The molecule has 8 nitrogen and oxygen atoms in total. The van der Waals surface area contributed by atoms with Gasteiger partial charge in [-0.1, -0.05) is 17.7 Å². The SMILES string of the molecule is COc1cccc(C(=O)N2CCN(C(=O)[C@H](C)NS(=O)(=O)c3ccc(Cl)cc3)CC2)c1. The monoisotopic (exact) mass is 465 g/mol. The van der Waals surface area contributed by atoms with Crippen molar-refractivity contribution in [2.24, 2.45) is 0 Å². The lowest BCUT2D eigenvalue weighted by atomic mass is 10.1. The normalized spacial score (nSPS) is 15.5. The van der Waals surface area contributed by atoms with E-state index in [1.807, 2.05) is 0 Å². The highest BCUT2D eigenvalue weighted by Gasteiger charge is 2.30. The fourth-order valence-electron chi connectivity index (χ4n) is 3.31. The molecule has 1 aliphatic heterocycles. The van der Waals surface area contributed by atoms with E-state index in [2.05, 4.69) is 4.72 Å². The molecule has 1 saturated heterocycles. The van der Waals surface area contributed by atoms with Crippen molar-refractivity contribution in [2.45, 2.75) is 17.9 Å². The van der Waals surface area contributed by atoms with Crippen LogP contribution in [0.5, 0.6) is 5.75 Å². The minimum absolute atomic E-state index is 0.0326. The second kappa shape index (κ2) is 9.67. The van der Waals surface area contributed by atoms with Gasteiger partial charge in [-0.05, 0) is 49.4 Å². The molecule has 0 unspecified atom stereocenters. The number of nitrogens with zero attached hydrogens (tertiary/aromatic N) is 2. The molecule has 0 aliphatic carbocycles. The van der Waals surface area contributed by atoms with E-state index in [1.165, 1.54) is 38.3 Å². The molecule has 1 heterocycles.